The van der Waals surface area contributed by atoms with Gasteiger partial charge in [0.2, 0.25) is 0 Å². The predicted octanol–water partition coefficient (Wildman–Crippen LogP) is 9.16. The number of hydrogen-bond donors (Lipinski definition) is 0. The molecule has 0 aromatic heterocycles. The molecule has 2 nitrogen and oxygen atoms in total. The molecule has 1 aliphatic rings. The first-order valence-electron chi connectivity index (χ1n) is 13.2. The molecule has 1 aliphatic carbocycles. The summed E-state index contributed by atoms with van der Waals surface area (Å²) in [6.45, 7) is 13.4. The summed E-state index contributed by atoms with van der Waals surface area (Å²) in [7, 11) is 0. The van der Waals surface area contributed by atoms with Crippen molar-refractivity contribution in [2.24, 2.45) is 17.8 Å². The van der Waals surface area contributed by atoms with E-state index in [1.165, 1.54) is 56.9 Å². The smallest absolute Gasteiger partial charge is 0.190 e. The second kappa shape index (κ2) is 13.7. The van der Waals surface area contributed by atoms with Crippen molar-refractivity contribution in [2.45, 2.75) is 106 Å². The van der Waals surface area contributed by atoms with Crippen LogP contribution in [-0.2, 0) is 0 Å². The number of ketones is 2. The maximum Gasteiger partial charge on any atom is 0.190 e. The van der Waals surface area contributed by atoms with Crippen LogP contribution in [0.5, 0.6) is 0 Å². The lowest BCUT2D eigenvalue weighted by Crippen LogP contribution is -2.20. The molecule has 2 heteroatoms. The van der Waals surface area contributed by atoms with Gasteiger partial charge in [-0.25, -0.2) is 0 Å². The zero-order valence-electron chi connectivity index (χ0n) is 22.0. The summed E-state index contributed by atoms with van der Waals surface area (Å²) in [5.41, 5.74) is 3.68. The van der Waals surface area contributed by atoms with Gasteiger partial charge in [-0.2, -0.15) is 0 Å². The molecule has 1 aromatic carbocycles. The van der Waals surface area contributed by atoms with E-state index < -0.39 is 0 Å². The third-order valence-corrected chi connectivity index (χ3v) is 7.28. The van der Waals surface area contributed by atoms with Gasteiger partial charge in [0, 0.05) is 22.3 Å². The molecule has 0 saturated carbocycles. The first-order chi connectivity index (χ1) is 15.7. The van der Waals surface area contributed by atoms with E-state index in [1.807, 2.05) is 12.1 Å². The monoisotopic (exact) mass is 450 g/mol. The zero-order valence-corrected chi connectivity index (χ0v) is 22.0. The standard InChI is InChI=1S/C31H46O2/c1-22(2)12-9-13-23(3)14-10-15-24(4)16-11-17-25(5)20-21-27-26(6)30(32)28-18-7-8-19-29(28)31(27)33/h7-8,18-20,22-24H,9-17,21H2,1-6H3/t23-,24-/m1/s1. The molecule has 0 saturated heterocycles. The van der Waals surface area contributed by atoms with E-state index >= 15 is 0 Å². The van der Waals surface area contributed by atoms with E-state index in [-0.39, 0.29) is 11.6 Å². The van der Waals surface area contributed by atoms with Gasteiger partial charge in [0.25, 0.3) is 0 Å². The highest BCUT2D eigenvalue weighted by Gasteiger charge is 2.28. The van der Waals surface area contributed by atoms with Gasteiger partial charge in [0.15, 0.2) is 11.6 Å². The van der Waals surface area contributed by atoms with Crippen LogP contribution < -0.4 is 0 Å². The molecule has 0 unspecified atom stereocenters. The summed E-state index contributed by atoms with van der Waals surface area (Å²) < 4.78 is 0. The Labute approximate surface area is 202 Å². The summed E-state index contributed by atoms with van der Waals surface area (Å²) >= 11 is 0. The van der Waals surface area contributed by atoms with Crippen molar-refractivity contribution in [3.05, 3.63) is 58.2 Å². The maximum absolute atomic E-state index is 12.9. The molecule has 2 atom stereocenters. The van der Waals surface area contributed by atoms with Gasteiger partial charge >= 0.3 is 0 Å². The van der Waals surface area contributed by atoms with Gasteiger partial charge < -0.3 is 0 Å². The Kier molecular flexibility index (Phi) is 11.3. The van der Waals surface area contributed by atoms with Crippen molar-refractivity contribution in [2.75, 3.05) is 0 Å². The van der Waals surface area contributed by atoms with Crippen LogP contribution in [0.25, 0.3) is 0 Å². The molecule has 0 radical (unpaired) electrons. The van der Waals surface area contributed by atoms with E-state index in [0.717, 1.165) is 24.2 Å². The highest BCUT2D eigenvalue weighted by molar-refractivity contribution is 6.26. The van der Waals surface area contributed by atoms with Gasteiger partial charge in [-0.05, 0) is 50.9 Å². The fraction of sp³-hybridized carbons (Fsp3) is 0.613. The zero-order chi connectivity index (χ0) is 24.4. The van der Waals surface area contributed by atoms with Gasteiger partial charge in [-0.1, -0.05) is 109 Å². The van der Waals surface area contributed by atoms with Gasteiger partial charge in [0.1, 0.15) is 0 Å². The normalized spacial score (nSPS) is 16.4. The van der Waals surface area contributed by atoms with Gasteiger partial charge in [-0.3, -0.25) is 9.59 Å². The lowest BCUT2D eigenvalue weighted by atomic mass is 9.83. The second-order valence-corrected chi connectivity index (χ2v) is 10.9. The molecule has 1 aromatic rings. The van der Waals surface area contributed by atoms with Crippen LogP contribution in [0, 0.1) is 17.8 Å². The van der Waals surface area contributed by atoms with Crippen molar-refractivity contribution in [3.8, 4) is 0 Å². The second-order valence-electron chi connectivity index (χ2n) is 10.9. The molecule has 0 amide bonds. The minimum atomic E-state index is -0.00526. The highest BCUT2D eigenvalue weighted by Crippen LogP contribution is 2.29. The van der Waals surface area contributed by atoms with E-state index in [1.54, 1.807) is 19.1 Å². The Balaban J connectivity index is 1.71. The van der Waals surface area contributed by atoms with E-state index in [9.17, 15) is 9.59 Å². The van der Waals surface area contributed by atoms with Crippen LogP contribution in [0.3, 0.4) is 0 Å². The minimum Gasteiger partial charge on any atom is -0.289 e. The van der Waals surface area contributed by atoms with Crippen molar-refractivity contribution in [1.82, 2.24) is 0 Å². The fourth-order valence-electron chi connectivity index (χ4n) is 4.88. The number of Topliss-reactive ketones (excluding diaryl/α,β-unsaturated/α-hetero) is 2. The summed E-state index contributed by atoms with van der Waals surface area (Å²) in [5.74, 6) is 2.48. The average Bonchev–Trinajstić information content (AvgIpc) is 2.77. The summed E-state index contributed by atoms with van der Waals surface area (Å²) in [6.07, 6.45) is 14.4. The molecular weight excluding hydrogens is 404 g/mol. The van der Waals surface area contributed by atoms with Crippen LogP contribution in [0.4, 0.5) is 0 Å². The molecule has 0 heterocycles. The van der Waals surface area contributed by atoms with Crippen molar-refractivity contribution in [3.63, 3.8) is 0 Å². The molecule has 2 rings (SSSR count). The SMILES string of the molecule is CC(=CCC1=C(C)C(=O)c2ccccc2C1=O)CCC[C@H](C)CCC[C@H](C)CCCC(C)C. The first kappa shape index (κ1) is 27.3. The Morgan fingerprint density at radius 3 is 1.88 bits per heavy atom. The molecule has 33 heavy (non-hydrogen) atoms. The van der Waals surface area contributed by atoms with E-state index in [0.29, 0.717) is 28.7 Å². The van der Waals surface area contributed by atoms with Gasteiger partial charge in [-0.15, -0.1) is 0 Å². The number of carbonyl (C=O) groups is 2. The highest BCUT2D eigenvalue weighted by atomic mass is 16.1. The van der Waals surface area contributed by atoms with Crippen LogP contribution in [0.15, 0.2) is 47.1 Å². The number of fused-ring (bicyclic) bond motifs is 1. The number of carbonyl (C=O) groups excluding carboxylic acids is 2. The van der Waals surface area contributed by atoms with Gasteiger partial charge in [0.05, 0.1) is 0 Å². The molecule has 0 fully saturated rings. The maximum atomic E-state index is 12.9. The number of benzene rings is 1. The minimum absolute atomic E-state index is 0.00526. The molecule has 0 N–H and O–H groups in total. The third kappa shape index (κ3) is 8.72. The van der Waals surface area contributed by atoms with E-state index in [2.05, 4.69) is 40.7 Å². The lowest BCUT2D eigenvalue weighted by molar-refractivity contribution is 0.0973. The molecule has 0 spiro atoms. The summed E-state index contributed by atoms with van der Waals surface area (Å²) in [4.78, 5) is 25.5. The Morgan fingerprint density at radius 1 is 0.788 bits per heavy atom. The first-order valence-corrected chi connectivity index (χ1v) is 13.2. The van der Waals surface area contributed by atoms with Crippen LogP contribution >= 0.6 is 0 Å². The molecule has 0 bridgehead atoms. The molecular formula is C31H46O2. The third-order valence-electron chi connectivity index (χ3n) is 7.28. The summed E-state index contributed by atoms with van der Waals surface area (Å²) in [5, 5.41) is 0. The van der Waals surface area contributed by atoms with Crippen molar-refractivity contribution in [1.29, 1.82) is 0 Å². The average molecular weight is 451 g/mol. The Hall–Kier alpha value is -1.96. The topological polar surface area (TPSA) is 34.1 Å². The number of hydrogen-bond acceptors (Lipinski definition) is 2. The fourth-order valence-corrected chi connectivity index (χ4v) is 4.88. The van der Waals surface area contributed by atoms with Crippen LogP contribution in [0.1, 0.15) is 126 Å². The van der Waals surface area contributed by atoms with E-state index in [4.69, 9.17) is 0 Å². The largest absolute Gasteiger partial charge is 0.289 e. The quantitative estimate of drug-likeness (QED) is 0.265. The predicted molar refractivity (Wildman–Crippen MR) is 141 cm³/mol. The lowest BCUT2D eigenvalue weighted by Gasteiger charge is -2.18. The van der Waals surface area contributed by atoms with Crippen molar-refractivity contribution < 1.29 is 9.59 Å². The van der Waals surface area contributed by atoms with Crippen molar-refractivity contribution >= 4 is 11.6 Å². The number of rotatable bonds is 14. The Bertz CT molecular complexity index is 855. The molecule has 0 aliphatic heterocycles. The Morgan fingerprint density at radius 2 is 1.30 bits per heavy atom. The summed E-state index contributed by atoms with van der Waals surface area (Å²) in [6, 6.07) is 7.18. The van der Waals surface area contributed by atoms with Crippen LogP contribution in [0.2, 0.25) is 0 Å². The number of allylic oxidation sites excluding steroid dienone is 4. The molecule has 182 valence electrons. The van der Waals surface area contributed by atoms with Crippen LogP contribution in [-0.4, -0.2) is 11.6 Å².